The van der Waals surface area contributed by atoms with Crippen molar-refractivity contribution < 1.29 is 13.2 Å². The van der Waals surface area contributed by atoms with Crippen molar-refractivity contribution in [2.45, 2.75) is 18.3 Å². The number of carbonyl (C=O) groups is 1. The number of carbonyl (C=O) groups excluding carboxylic acids is 1. The Morgan fingerprint density at radius 2 is 1.78 bits per heavy atom. The summed E-state index contributed by atoms with van der Waals surface area (Å²) in [4.78, 5) is 20.3. The molecule has 0 spiro atoms. The molecule has 1 aliphatic rings. The second-order valence-electron chi connectivity index (χ2n) is 6.56. The van der Waals surface area contributed by atoms with Crippen LogP contribution in [0, 0.1) is 0 Å². The van der Waals surface area contributed by atoms with Crippen molar-refractivity contribution in [1.29, 1.82) is 0 Å². The van der Waals surface area contributed by atoms with Gasteiger partial charge in [0.15, 0.2) is 11.5 Å². The van der Waals surface area contributed by atoms with Crippen molar-refractivity contribution >= 4 is 21.9 Å². The molecule has 0 unspecified atom stereocenters. The monoisotopic (exact) mass is 390 g/mol. The van der Waals surface area contributed by atoms with Crippen LogP contribution in [0.15, 0.2) is 42.7 Å². The lowest BCUT2D eigenvalue weighted by atomic mass is 9.73. The number of piperidine rings is 1. The van der Waals surface area contributed by atoms with Crippen molar-refractivity contribution in [2.24, 2.45) is 5.14 Å². The van der Waals surface area contributed by atoms with Crippen molar-refractivity contribution in [3.63, 3.8) is 0 Å². The molecule has 0 saturated carbocycles. The predicted molar refractivity (Wildman–Crippen MR) is 101 cm³/mol. The molecule has 144 valence electrons. The number of nitrogen functional groups attached to an aromatic ring is 1. The fourth-order valence-corrected chi connectivity index (χ4v) is 4.08. The zero-order valence-corrected chi connectivity index (χ0v) is 15.5. The number of benzene rings is 1. The van der Waals surface area contributed by atoms with E-state index in [1.54, 1.807) is 0 Å². The van der Waals surface area contributed by atoms with Gasteiger partial charge < -0.3 is 11.1 Å². The highest BCUT2D eigenvalue weighted by molar-refractivity contribution is 7.86. The first kappa shape index (κ1) is 19.2. The largest absolute Gasteiger partial charge is 0.382 e. The lowest BCUT2D eigenvalue weighted by Gasteiger charge is -2.41. The average Bonchev–Trinajstić information content (AvgIpc) is 2.67. The van der Waals surface area contributed by atoms with Crippen LogP contribution in [0.1, 0.15) is 28.9 Å². The van der Waals surface area contributed by atoms with Crippen LogP contribution < -0.4 is 16.2 Å². The number of hydrogen-bond acceptors (Lipinski definition) is 6. The van der Waals surface area contributed by atoms with Gasteiger partial charge in [-0.1, -0.05) is 30.3 Å². The Labute approximate surface area is 158 Å². The number of hydrogen-bond donors (Lipinski definition) is 3. The van der Waals surface area contributed by atoms with E-state index < -0.39 is 21.5 Å². The lowest BCUT2D eigenvalue weighted by Crippen LogP contribution is -2.51. The first-order valence-electron chi connectivity index (χ1n) is 8.50. The van der Waals surface area contributed by atoms with E-state index in [1.165, 1.54) is 16.7 Å². The van der Waals surface area contributed by atoms with Crippen LogP contribution in [-0.2, 0) is 15.6 Å². The van der Waals surface area contributed by atoms with Gasteiger partial charge in [0, 0.05) is 37.4 Å². The zero-order chi connectivity index (χ0) is 19.5. The maximum atomic E-state index is 12.5. The molecule has 0 aliphatic carbocycles. The van der Waals surface area contributed by atoms with Gasteiger partial charge in [0.25, 0.3) is 16.1 Å². The Hall–Kier alpha value is -2.56. The molecule has 1 amide bonds. The fourth-order valence-electron chi connectivity index (χ4n) is 3.38. The Bertz CT molecular complexity index is 911. The zero-order valence-electron chi connectivity index (χ0n) is 14.7. The third-order valence-corrected chi connectivity index (χ3v) is 6.04. The Morgan fingerprint density at radius 1 is 1.15 bits per heavy atom. The molecule has 0 atom stereocenters. The summed E-state index contributed by atoms with van der Waals surface area (Å²) in [7, 11) is -3.73. The predicted octanol–water partition coefficient (Wildman–Crippen LogP) is 0.0259. The number of nitrogens with two attached hydrogens (primary N) is 2. The van der Waals surface area contributed by atoms with E-state index in [2.05, 4.69) is 15.3 Å². The summed E-state index contributed by atoms with van der Waals surface area (Å²) in [6.45, 7) is 0.901. The quantitative estimate of drug-likeness (QED) is 0.657. The van der Waals surface area contributed by atoms with Crippen LogP contribution >= 0.6 is 0 Å². The average molecular weight is 390 g/mol. The summed E-state index contributed by atoms with van der Waals surface area (Å²) in [5.41, 5.74) is 6.42. The van der Waals surface area contributed by atoms with E-state index in [0.29, 0.717) is 19.4 Å². The Kier molecular flexibility index (Phi) is 5.40. The molecule has 1 aromatic heterocycles. The molecule has 0 radical (unpaired) electrons. The van der Waals surface area contributed by atoms with Crippen molar-refractivity contribution in [2.75, 3.05) is 25.4 Å². The number of aromatic nitrogens is 2. The van der Waals surface area contributed by atoms with Gasteiger partial charge in [-0.15, -0.1) is 0 Å². The van der Waals surface area contributed by atoms with Gasteiger partial charge in [-0.05, 0) is 18.4 Å². The van der Waals surface area contributed by atoms with Gasteiger partial charge in [-0.2, -0.15) is 12.7 Å². The molecular formula is C17H22N6O3S. The van der Waals surface area contributed by atoms with Crippen molar-refractivity contribution in [1.82, 2.24) is 19.6 Å². The number of amides is 1. The fraction of sp³-hybridized carbons (Fsp3) is 0.353. The van der Waals surface area contributed by atoms with E-state index in [-0.39, 0.29) is 24.6 Å². The van der Waals surface area contributed by atoms with Gasteiger partial charge in [0.05, 0.1) is 0 Å². The highest BCUT2D eigenvalue weighted by Gasteiger charge is 2.39. The van der Waals surface area contributed by atoms with Gasteiger partial charge in [0.1, 0.15) is 0 Å². The van der Waals surface area contributed by atoms with Gasteiger partial charge in [-0.3, -0.25) is 4.79 Å². The molecule has 1 saturated heterocycles. The number of nitrogens with zero attached hydrogens (tertiary/aromatic N) is 3. The van der Waals surface area contributed by atoms with Crippen molar-refractivity contribution in [3.8, 4) is 0 Å². The highest BCUT2D eigenvalue weighted by atomic mass is 32.2. The molecule has 3 rings (SSSR count). The molecule has 1 fully saturated rings. The van der Waals surface area contributed by atoms with Gasteiger partial charge in [-0.25, -0.2) is 15.1 Å². The van der Waals surface area contributed by atoms with Gasteiger partial charge in [0.2, 0.25) is 0 Å². The molecule has 5 N–H and O–H groups in total. The smallest absolute Gasteiger partial charge is 0.276 e. The van der Waals surface area contributed by atoms with E-state index >= 15 is 0 Å². The maximum absolute atomic E-state index is 12.5. The topological polar surface area (TPSA) is 144 Å². The summed E-state index contributed by atoms with van der Waals surface area (Å²) in [5.74, 6) is -0.349. The van der Waals surface area contributed by atoms with Gasteiger partial charge >= 0.3 is 0 Å². The summed E-state index contributed by atoms with van der Waals surface area (Å²) < 4.78 is 24.5. The van der Waals surface area contributed by atoms with Crippen LogP contribution in [0.25, 0.3) is 0 Å². The van der Waals surface area contributed by atoms with Crippen LogP contribution in [0.2, 0.25) is 0 Å². The minimum absolute atomic E-state index is 0.0628. The van der Waals surface area contributed by atoms with E-state index in [9.17, 15) is 13.2 Å². The van der Waals surface area contributed by atoms with Crippen LogP contribution in [0.4, 0.5) is 5.82 Å². The first-order valence-corrected chi connectivity index (χ1v) is 10.0. The lowest BCUT2D eigenvalue weighted by molar-refractivity contribution is 0.0928. The number of anilines is 1. The van der Waals surface area contributed by atoms with E-state index in [1.807, 2.05) is 30.3 Å². The van der Waals surface area contributed by atoms with E-state index in [0.717, 1.165) is 5.56 Å². The number of nitrogens with one attached hydrogen (secondary N) is 1. The second-order valence-corrected chi connectivity index (χ2v) is 8.11. The molecule has 1 aliphatic heterocycles. The summed E-state index contributed by atoms with van der Waals surface area (Å²) >= 11 is 0. The molecule has 27 heavy (non-hydrogen) atoms. The van der Waals surface area contributed by atoms with E-state index in [4.69, 9.17) is 10.9 Å². The summed E-state index contributed by atoms with van der Waals surface area (Å²) in [5, 5.41) is 8.13. The Morgan fingerprint density at radius 3 is 2.37 bits per heavy atom. The van der Waals surface area contributed by atoms with Crippen LogP contribution in [0.5, 0.6) is 0 Å². The first-order chi connectivity index (χ1) is 12.8. The highest BCUT2D eigenvalue weighted by Crippen LogP contribution is 2.35. The third kappa shape index (κ3) is 4.24. The maximum Gasteiger partial charge on any atom is 0.276 e. The Balaban J connectivity index is 1.80. The van der Waals surface area contributed by atoms with Crippen LogP contribution in [-0.4, -0.2) is 48.2 Å². The standard InChI is InChI=1S/C17H22N6O3S/c18-15-14(20-8-9-21-15)16(24)22-12-17(13-4-2-1-3-5-13)6-10-23(11-7-17)27(19,25)26/h1-5,8-9H,6-7,10-12H2,(H2,18,21)(H,22,24)(H2,19,25,26). The third-order valence-electron chi connectivity index (χ3n) is 4.95. The molecule has 10 heteroatoms. The molecule has 1 aromatic carbocycles. The molecular weight excluding hydrogens is 368 g/mol. The normalized spacial score (nSPS) is 17.4. The number of rotatable bonds is 5. The molecule has 9 nitrogen and oxygen atoms in total. The summed E-state index contributed by atoms with van der Waals surface area (Å²) in [6.07, 6.45) is 3.89. The molecule has 2 aromatic rings. The minimum atomic E-state index is -3.73. The van der Waals surface area contributed by atoms with Crippen molar-refractivity contribution in [3.05, 3.63) is 54.0 Å². The summed E-state index contributed by atoms with van der Waals surface area (Å²) in [6, 6.07) is 9.72. The molecule has 0 bridgehead atoms. The SMILES string of the molecule is Nc1nccnc1C(=O)NCC1(c2ccccc2)CCN(S(N)(=O)=O)CC1. The molecule has 2 heterocycles. The van der Waals surface area contributed by atoms with Crippen LogP contribution in [0.3, 0.4) is 0 Å². The second kappa shape index (κ2) is 7.59. The minimum Gasteiger partial charge on any atom is -0.382 e.